The molecule has 1 fully saturated rings. The summed E-state index contributed by atoms with van der Waals surface area (Å²) in [5, 5.41) is 0. The summed E-state index contributed by atoms with van der Waals surface area (Å²) in [6, 6.07) is 7.65. The molecule has 0 radical (unpaired) electrons. The van der Waals surface area contributed by atoms with Gasteiger partial charge in [-0.3, -0.25) is 4.79 Å². The molecule has 0 saturated carbocycles. The Hall–Kier alpha value is -1.55. The van der Waals surface area contributed by atoms with E-state index in [9.17, 15) is 4.79 Å². The predicted molar refractivity (Wildman–Crippen MR) is 63.3 cm³/mol. The van der Waals surface area contributed by atoms with Gasteiger partial charge in [-0.05, 0) is 25.0 Å². The lowest BCUT2D eigenvalue weighted by Gasteiger charge is -2.30. The van der Waals surface area contributed by atoms with Crippen molar-refractivity contribution < 1.29 is 14.3 Å². The van der Waals surface area contributed by atoms with Crippen molar-refractivity contribution in [1.29, 1.82) is 0 Å². The van der Waals surface area contributed by atoms with Gasteiger partial charge in [0.15, 0.2) is 6.61 Å². The molecule has 2 aliphatic heterocycles. The molecule has 17 heavy (non-hydrogen) atoms. The van der Waals surface area contributed by atoms with Crippen LogP contribution in [0.2, 0.25) is 0 Å². The maximum atomic E-state index is 11.9. The number of benzene rings is 1. The Balaban J connectivity index is 1.84. The van der Waals surface area contributed by atoms with Gasteiger partial charge < -0.3 is 14.4 Å². The van der Waals surface area contributed by atoms with E-state index in [1.54, 1.807) is 4.90 Å². The third-order valence-electron chi connectivity index (χ3n) is 3.22. The lowest BCUT2D eigenvalue weighted by Crippen LogP contribution is -2.43. The van der Waals surface area contributed by atoms with Gasteiger partial charge in [-0.1, -0.05) is 12.1 Å². The fourth-order valence-corrected chi connectivity index (χ4v) is 2.35. The highest BCUT2D eigenvalue weighted by atomic mass is 16.5. The SMILES string of the molecule is O=C1COc2ccccc2N1CC1CCCO1. The maximum Gasteiger partial charge on any atom is 0.265 e. The summed E-state index contributed by atoms with van der Waals surface area (Å²) in [7, 11) is 0. The second-order valence-electron chi connectivity index (χ2n) is 4.40. The zero-order chi connectivity index (χ0) is 11.7. The summed E-state index contributed by atoms with van der Waals surface area (Å²) in [4.78, 5) is 13.7. The number of hydrogen-bond acceptors (Lipinski definition) is 3. The predicted octanol–water partition coefficient (Wildman–Crippen LogP) is 1.59. The molecule has 4 nitrogen and oxygen atoms in total. The Morgan fingerprint density at radius 3 is 3.06 bits per heavy atom. The molecular formula is C13H15NO3. The highest BCUT2D eigenvalue weighted by Crippen LogP contribution is 2.32. The van der Waals surface area contributed by atoms with Crippen molar-refractivity contribution in [3.8, 4) is 5.75 Å². The zero-order valence-electron chi connectivity index (χ0n) is 9.59. The van der Waals surface area contributed by atoms with Gasteiger partial charge in [0.05, 0.1) is 18.3 Å². The van der Waals surface area contributed by atoms with Crippen LogP contribution in [0.1, 0.15) is 12.8 Å². The maximum absolute atomic E-state index is 11.9. The molecule has 1 aromatic carbocycles. The van der Waals surface area contributed by atoms with E-state index < -0.39 is 0 Å². The number of rotatable bonds is 2. The van der Waals surface area contributed by atoms with Gasteiger partial charge in [-0.25, -0.2) is 0 Å². The molecule has 0 N–H and O–H groups in total. The van der Waals surface area contributed by atoms with Crippen molar-refractivity contribution in [3.63, 3.8) is 0 Å². The largest absolute Gasteiger partial charge is 0.482 e. The molecule has 1 aromatic rings. The first-order chi connectivity index (χ1) is 8.34. The molecule has 1 atom stereocenters. The average molecular weight is 233 g/mol. The first-order valence-corrected chi connectivity index (χ1v) is 5.98. The van der Waals surface area contributed by atoms with Crippen LogP contribution in [0, 0.1) is 0 Å². The van der Waals surface area contributed by atoms with Gasteiger partial charge in [-0.15, -0.1) is 0 Å². The second-order valence-corrected chi connectivity index (χ2v) is 4.40. The summed E-state index contributed by atoms with van der Waals surface area (Å²) in [5.41, 5.74) is 0.860. The van der Waals surface area contributed by atoms with Crippen LogP contribution >= 0.6 is 0 Å². The smallest absolute Gasteiger partial charge is 0.265 e. The third-order valence-corrected chi connectivity index (χ3v) is 3.22. The van der Waals surface area contributed by atoms with Crippen LogP contribution in [-0.2, 0) is 9.53 Å². The van der Waals surface area contributed by atoms with E-state index in [1.165, 1.54) is 0 Å². The summed E-state index contributed by atoms with van der Waals surface area (Å²) < 4.78 is 11.0. The van der Waals surface area contributed by atoms with E-state index in [0.717, 1.165) is 30.9 Å². The summed E-state index contributed by atoms with van der Waals surface area (Å²) >= 11 is 0. The number of carbonyl (C=O) groups excluding carboxylic acids is 1. The second kappa shape index (κ2) is 4.37. The fourth-order valence-electron chi connectivity index (χ4n) is 2.35. The number of nitrogens with zero attached hydrogens (tertiary/aromatic N) is 1. The monoisotopic (exact) mass is 233 g/mol. The Kier molecular flexibility index (Phi) is 2.73. The summed E-state index contributed by atoms with van der Waals surface area (Å²) in [5.74, 6) is 0.796. The Morgan fingerprint density at radius 1 is 1.35 bits per heavy atom. The third kappa shape index (κ3) is 2.00. The van der Waals surface area contributed by atoms with Gasteiger partial charge in [0.25, 0.3) is 5.91 Å². The number of hydrogen-bond donors (Lipinski definition) is 0. The van der Waals surface area contributed by atoms with Crippen LogP contribution in [0.15, 0.2) is 24.3 Å². The molecule has 1 saturated heterocycles. The molecule has 3 rings (SSSR count). The molecule has 0 spiro atoms. The molecule has 1 unspecified atom stereocenters. The number of fused-ring (bicyclic) bond motifs is 1. The van der Waals surface area contributed by atoms with E-state index in [1.807, 2.05) is 24.3 Å². The van der Waals surface area contributed by atoms with E-state index in [-0.39, 0.29) is 18.6 Å². The molecular weight excluding hydrogens is 218 g/mol. The molecule has 0 aliphatic carbocycles. The first kappa shape index (κ1) is 10.6. The minimum atomic E-state index is 0.0131. The highest BCUT2D eigenvalue weighted by Gasteiger charge is 2.28. The van der Waals surface area contributed by atoms with Gasteiger partial charge in [0.1, 0.15) is 5.75 Å². The molecule has 0 bridgehead atoms. The van der Waals surface area contributed by atoms with Crippen molar-refractivity contribution in [2.75, 3.05) is 24.7 Å². The van der Waals surface area contributed by atoms with Crippen LogP contribution in [-0.4, -0.2) is 31.8 Å². The Bertz CT molecular complexity index is 426. The normalized spacial score (nSPS) is 23.4. The topological polar surface area (TPSA) is 38.8 Å². The molecule has 90 valence electrons. The zero-order valence-corrected chi connectivity index (χ0v) is 9.59. The van der Waals surface area contributed by atoms with E-state index >= 15 is 0 Å². The van der Waals surface area contributed by atoms with Crippen molar-refractivity contribution >= 4 is 11.6 Å². The molecule has 0 aromatic heterocycles. The van der Waals surface area contributed by atoms with E-state index in [4.69, 9.17) is 9.47 Å². The fraction of sp³-hybridized carbons (Fsp3) is 0.462. The van der Waals surface area contributed by atoms with Crippen LogP contribution in [0.5, 0.6) is 5.75 Å². The minimum Gasteiger partial charge on any atom is -0.482 e. The quantitative estimate of drug-likeness (QED) is 0.778. The van der Waals surface area contributed by atoms with Crippen LogP contribution in [0.4, 0.5) is 5.69 Å². The highest BCUT2D eigenvalue weighted by molar-refractivity contribution is 5.97. The van der Waals surface area contributed by atoms with Gasteiger partial charge in [-0.2, -0.15) is 0 Å². The standard InChI is InChI=1S/C13H15NO3/c15-13-9-17-12-6-2-1-5-11(12)14(13)8-10-4-3-7-16-10/h1-2,5-6,10H,3-4,7-9H2. The Morgan fingerprint density at radius 2 is 2.24 bits per heavy atom. The number of ether oxygens (including phenoxy) is 2. The first-order valence-electron chi connectivity index (χ1n) is 5.98. The van der Waals surface area contributed by atoms with Gasteiger partial charge in [0, 0.05) is 6.61 Å². The summed E-state index contributed by atoms with van der Waals surface area (Å²) in [6.45, 7) is 1.58. The van der Waals surface area contributed by atoms with Crippen LogP contribution in [0.25, 0.3) is 0 Å². The molecule has 1 amide bonds. The average Bonchev–Trinajstić information content (AvgIpc) is 2.86. The Labute approximate surface area is 100 Å². The number of carbonyl (C=O) groups is 1. The lowest BCUT2D eigenvalue weighted by atomic mass is 10.2. The molecule has 4 heteroatoms. The van der Waals surface area contributed by atoms with Crippen molar-refractivity contribution in [3.05, 3.63) is 24.3 Å². The van der Waals surface area contributed by atoms with Crippen LogP contribution < -0.4 is 9.64 Å². The van der Waals surface area contributed by atoms with Crippen LogP contribution in [0.3, 0.4) is 0 Å². The molecule has 2 heterocycles. The number of amides is 1. The summed E-state index contributed by atoms with van der Waals surface area (Å²) in [6.07, 6.45) is 2.29. The van der Waals surface area contributed by atoms with Crippen molar-refractivity contribution in [2.24, 2.45) is 0 Å². The minimum absolute atomic E-state index is 0.0131. The van der Waals surface area contributed by atoms with Gasteiger partial charge in [0.2, 0.25) is 0 Å². The van der Waals surface area contributed by atoms with E-state index in [2.05, 4.69) is 0 Å². The van der Waals surface area contributed by atoms with E-state index in [0.29, 0.717) is 6.54 Å². The van der Waals surface area contributed by atoms with Crippen molar-refractivity contribution in [2.45, 2.75) is 18.9 Å². The number of anilines is 1. The molecule has 2 aliphatic rings. The van der Waals surface area contributed by atoms with Gasteiger partial charge >= 0.3 is 0 Å². The van der Waals surface area contributed by atoms with Crippen molar-refractivity contribution in [1.82, 2.24) is 0 Å². The number of para-hydroxylation sites is 2. The lowest BCUT2D eigenvalue weighted by molar-refractivity contribution is -0.121.